The van der Waals surface area contributed by atoms with Gasteiger partial charge in [0.25, 0.3) is 0 Å². The summed E-state index contributed by atoms with van der Waals surface area (Å²) in [6, 6.07) is 3.34. The fourth-order valence-electron chi connectivity index (χ4n) is 3.19. The van der Waals surface area contributed by atoms with Crippen molar-refractivity contribution in [3.8, 4) is 17.2 Å². The first-order valence-electron chi connectivity index (χ1n) is 8.34. The minimum Gasteiger partial charge on any atom is -0.488 e. The number of ether oxygens (including phenoxy) is 4. The molecule has 1 aromatic rings. The average molecular weight is 367 g/mol. The Morgan fingerprint density at radius 1 is 1.28 bits per heavy atom. The summed E-state index contributed by atoms with van der Waals surface area (Å²) in [6.45, 7) is 8.84. The van der Waals surface area contributed by atoms with Gasteiger partial charge in [0.1, 0.15) is 19.0 Å². The van der Waals surface area contributed by atoms with Crippen molar-refractivity contribution in [3.05, 3.63) is 28.8 Å². The average Bonchev–Trinajstić information content (AvgIpc) is 2.86. The lowest BCUT2D eigenvalue weighted by Crippen LogP contribution is -2.15. The van der Waals surface area contributed by atoms with Gasteiger partial charge in [-0.05, 0) is 25.2 Å². The maximum absolute atomic E-state index is 12.3. The zero-order valence-corrected chi connectivity index (χ0v) is 15.7. The lowest BCUT2D eigenvalue weighted by Gasteiger charge is -2.10. The molecule has 0 bridgehead atoms. The molecule has 0 amide bonds. The second-order valence-electron chi connectivity index (χ2n) is 7.22. The van der Waals surface area contributed by atoms with Crippen molar-refractivity contribution in [2.24, 2.45) is 17.3 Å². The normalized spacial score (nSPS) is 22.3. The van der Waals surface area contributed by atoms with Crippen LogP contribution in [-0.2, 0) is 9.53 Å². The highest BCUT2D eigenvalue weighted by Gasteiger charge is 2.61. The summed E-state index contributed by atoms with van der Waals surface area (Å²) in [5.74, 6) is 1.67. The van der Waals surface area contributed by atoms with Crippen molar-refractivity contribution in [2.75, 3.05) is 20.0 Å². The second kappa shape index (κ2) is 6.79. The molecule has 1 fully saturated rings. The Morgan fingerprint density at radius 3 is 2.64 bits per heavy atom. The number of carbonyl (C=O) groups is 1. The number of fused-ring (bicyclic) bond motifs is 1. The van der Waals surface area contributed by atoms with Crippen LogP contribution in [0.15, 0.2) is 23.8 Å². The van der Waals surface area contributed by atoms with Crippen molar-refractivity contribution in [1.29, 1.82) is 0 Å². The summed E-state index contributed by atoms with van der Waals surface area (Å²) >= 11 is 6.14. The summed E-state index contributed by atoms with van der Waals surface area (Å²) in [4.78, 5) is 12.3. The molecule has 0 spiro atoms. The molecule has 1 saturated carbocycles. The first-order chi connectivity index (χ1) is 11.8. The van der Waals surface area contributed by atoms with E-state index in [4.69, 9.17) is 30.5 Å². The molecule has 1 aliphatic heterocycles. The van der Waals surface area contributed by atoms with Crippen molar-refractivity contribution >= 4 is 17.6 Å². The number of esters is 1. The molecule has 0 saturated heterocycles. The number of halogens is 1. The zero-order chi connectivity index (χ0) is 18.2. The number of carbonyl (C=O) groups excluding carboxylic acids is 1. The van der Waals surface area contributed by atoms with E-state index >= 15 is 0 Å². The van der Waals surface area contributed by atoms with Gasteiger partial charge < -0.3 is 18.9 Å². The smallest absolute Gasteiger partial charge is 0.310 e. The van der Waals surface area contributed by atoms with E-state index in [9.17, 15) is 4.79 Å². The lowest BCUT2D eigenvalue weighted by molar-refractivity contribution is -0.146. The molecule has 0 aromatic heterocycles. The van der Waals surface area contributed by atoms with Crippen LogP contribution in [-0.4, -0.2) is 26.0 Å². The van der Waals surface area contributed by atoms with Crippen LogP contribution in [0.4, 0.5) is 0 Å². The van der Waals surface area contributed by atoms with E-state index < -0.39 is 0 Å². The molecule has 0 N–H and O–H groups in total. The third kappa shape index (κ3) is 3.71. The van der Waals surface area contributed by atoms with Gasteiger partial charge in [0.2, 0.25) is 6.79 Å². The summed E-state index contributed by atoms with van der Waals surface area (Å²) < 4.78 is 21.5. The first kappa shape index (κ1) is 17.9. The summed E-state index contributed by atoms with van der Waals surface area (Å²) in [5, 5.41) is 0.433. The van der Waals surface area contributed by atoms with E-state index in [1.165, 1.54) is 5.57 Å². The Bertz CT molecular complexity index is 706. The fourth-order valence-corrected chi connectivity index (χ4v) is 3.40. The van der Waals surface area contributed by atoms with Crippen LogP contribution in [0.1, 0.15) is 27.7 Å². The quantitative estimate of drug-likeness (QED) is 0.428. The number of rotatable bonds is 6. The maximum atomic E-state index is 12.3. The molecule has 3 rings (SSSR count). The van der Waals surface area contributed by atoms with Crippen LogP contribution in [0.5, 0.6) is 17.2 Å². The van der Waals surface area contributed by atoms with E-state index in [-0.39, 0.29) is 43.2 Å². The lowest BCUT2D eigenvalue weighted by atomic mass is 10.1. The Hall–Kier alpha value is -1.88. The highest BCUT2D eigenvalue weighted by atomic mass is 35.5. The van der Waals surface area contributed by atoms with E-state index in [1.807, 2.05) is 13.8 Å². The monoisotopic (exact) mass is 366 g/mol. The number of hydrogen-bond donors (Lipinski definition) is 0. The van der Waals surface area contributed by atoms with Gasteiger partial charge in [0.05, 0.1) is 10.9 Å². The predicted molar refractivity (Wildman–Crippen MR) is 94.2 cm³/mol. The van der Waals surface area contributed by atoms with Crippen LogP contribution in [0, 0.1) is 17.3 Å². The van der Waals surface area contributed by atoms with Crippen molar-refractivity contribution in [3.63, 3.8) is 0 Å². The fraction of sp³-hybridized carbons (Fsp3) is 0.526. The van der Waals surface area contributed by atoms with Gasteiger partial charge in [-0.3, -0.25) is 4.79 Å². The second-order valence-corrected chi connectivity index (χ2v) is 7.63. The molecule has 5 nitrogen and oxygen atoms in total. The van der Waals surface area contributed by atoms with Crippen LogP contribution in [0.2, 0.25) is 5.02 Å². The zero-order valence-electron chi connectivity index (χ0n) is 14.9. The largest absolute Gasteiger partial charge is 0.488 e. The highest BCUT2D eigenvalue weighted by Crippen LogP contribution is 2.59. The molecule has 6 heteroatoms. The summed E-state index contributed by atoms with van der Waals surface area (Å²) in [5.41, 5.74) is 1.17. The highest BCUT2D eigenvalue weighted by molar-refractivity contribution is 6.32. The van der Waals surface area contributed by atoms with Gasteiger partial charge in [-0.15, -0.1) is 0 Å². The third-order valence-corrected chi connectivity index (χ3v) is 4.99. The van der Waals surface area contributed by atoms with E-state index in [0.29, 0.717) is 22.3 Å². The van der Waals surface area contributed by atoms with Crippen LogP contribution in [0.25, 0.3) is 0 Å². The topological polar surface area (TPSA) is 54.0 Å². The van der Waals surface area contributed by atoms with Gasteiger partial charge >= 0.3 is 5.97 Å². The van der Waals surface area contributed by atoms with Gasteiger partial charge in [0.15, 0.2) is 11.5 Å². The molecule has 2 atom stereocenters. The van der Waals surface area contributed by atoms with Crippen LogP contribution in [0.3, 0.4) is 0 Å². The molecule has 1 heterocycles. The Labute approximate surface area is 152 Å². The molecular weight excluding hydrogens is 344 g/mol. The summed E-state index contributed by atoms with van der Waals surface area (Å²) in [6.07, 6.45) is 2.15. The Kier molecular flexibility index (Phi) is 4.87. The van der Waals surface area contributed by atoms with E-state index in [0.717, 1.165) is 0 Å². The molecule has 136 valence electrons. The SMILES string of the molecule is CC(C)=C[C@H]1[C@H](C(=O)OCCOc2cc3c(cc2Cl)OCO3)C1(C)C. The summed E-state index contributed by atoms with van der Waals surface area (Å²) in [7, 11) is 0. The molecule has 1 aliphatic carbocycles. The van der Waals surface area contributed by atoms with Gasteiger partial charge in [0, 0.05) is 12.1 Å². The van der Waals surface area contributed by atoms with Crippen molar-refractivity contribution in [2.45, 2.75) is 27.7 Å². The number of hydrogen-bond acceptors (Lipinski definition) is 5. The predicted octanol–water partition coefficient (Wildman–Crippen LogP) is 4.23. The van der Waals surface area contributed by atoms with E-state index in [1.54, 1.807) is 12.1 Å². The minimum absolute atomic E-state index is 0.0458. The van der Waals surface area contributed by atoms with E-state index in [2.05, 4.69) is 19.9 Å². The Balaban J connectivity index is 1.48. The number of allylic oxidation sites excluding steroid dienone is 2. The molecular formula is C19H23ClO5. The molecule has 1 aromatic carbocycles. The maximum Gasteiger partial charge on any atom is 0.310 e. The van der Waals surface area contributed by atoms with Gasteiger partial charge in [-0.1, -0.05) is 37.1 Å². The van der Waals surface area contributed by atoms with Gasteiger partial charge in [-0.25, -0.2) is 0 Å². The van der Waals surface area contributed by atoms with Crippen molar-refractivity contribution in [1.82, 2.24) is 0 Å². The van der Waals surface area contributed by atoms with Crippen LogP contribution >= 0.6 is 11.6 Å². The number of benzene rings is 1. The van der Waals surface area contributed by atoms with Crippen LogP contribution < -0.4 is 14.2 Å². The minimum atomic E-state index is -0.173. The van der Waals surface area contributed by atoms with Crippen molar-refractivity contribution < 1.29 is 23.7 Å². The molecule has 0 unspecified atom stereocenters. The third-order valence-electron chi connectivity index (χ3n) is 4.69. The molecule has 0 radical (unpaired) electrons. The molecule has 25 heavy (non-hydrogen) atoms. The first-order valence-corrected chi connectivity index (χ1v) is 8.72. The molecule has 2 aliphatic rings. The standard InChI is InChI=1S/C19H23ClO5/c1-11(2)7-12-17(19(12,3)4)18(21)23-6-5-22-14-9-16-15(8-13(14)20)24-10-25-16/h7-9,12,17H,5-6,10H2,1-4H3/t12-,17+/m0/s1. The Morgan fingerprint density at radius 2 is 1.96 bits per heavy atom. The van der Waals surface area contributed by atoms with Gasteiger partial charge in [-0.2, -0.15) is 0 Å².